The van der Waals surface area contributed by atoms with Crippen LogP contribution >= 0.6 is 27.0 Å². The molecule has 0 saturated carbocycles. The summed E-state index contributed by atoms with van der Waals surface area (Å²) in [4.78, 5) is 38.7. The topological polar surface area (TPSA) is 118 Å². The van der Waals surface area contributed by atoms with Gasteiger partial charge in [-0.2, -0.15) is 11.8 Å². The lowest BCUT2D eigenvalue weighted by Gasteiger charge is -2.40. The first kappa shape index (κ1) is 18.7. The number of thioether (sulfide) groups is 1. The van der Waals surface area contributed by atoms with Gasteiger partial charge in [-0.25, -0.2) is 0 Å². The fourth-order valence-electron chi connectivity index (χ4n) is 2.33. The first-order chi connectivity index (χ1) is 9.03. The van der Waals surface area contributed by atoms with Crippen molar-refractivity contribution >= 4 is 27.0 Å². The normalized spacial score (nSPS) is 22.7. The highest BCUT2D eigenvalue weighted by atomic mass is 32.2. The summed E-state index contributed by atoms with van der Waals surface area (Å²) in [5.74, 6) is 1.70. The van der Waals surface area contributed by atoms with Gasteiger partial charge in [0.05, 0.1) is 0 Å². The Morgan fingerprint density at radius 1 is 1.20 bits per heavy atom. The van der Waals surface area contributed by atoms with Crippen LogP contribution in [0.5, 0.6) is 0 Å². The Morgan fingerprint density at radius 2 is 1.75 bits per heavy atom. The van der Waals surface area contributed by atoms with E-state index in [1.54, 1.807) is 11.8 Å². The SMILES string of the molecule is CC(C)CCC1CSCCN1C(P(=O)(O)O)P(=O)(O)O. The highest BCUT2D eigenvalue weighted by molar-refractivity contribution is 7.99. The fraction of sp³-hybridized carbons (Fsp3) is 1.00. The maximum Gasteiger partial charge on any atom is 0.354 e. The second-order valence-electron chi connectivity index (χ2n) is 5.46. The highest BCUT2D eigenvalue weighted by Gasteiger charge is 2.50. The van der Waals surface area contributed by atoms with Gasteiger partial charge < -0.3 is 19.6 Å². The van der Waals surface area contributed by atoms with Crippen LogP contribution in [0.15, 0.2) is 0 Å². The molecule has 1 saturated heterocycles. The first-order valence-electron chi connectivity index (χ1n) is 6.47. The van der Waals surface area contributed by atoms with Gasteiger partial charge in [-0.15, -0.1) is 0 Å². The number of nitrogens with zero attached hydrogens (tertiary/aromatic N) is 1. The first-order valence-corrected chi connectivity index (χ1v) is 11.0. The van der Waals surface area contributed by atoms with Gasteiger partial charge in [0.25, 0.3) is 0 Å². The van der Waals surface area contributed by atoms with Crippen LogP contribution in [0.1, 0.15) is 26.7 Å². The molecule has 0 radical (unpaired) electrons. The average molecular weight is 347 g/mol. The van der Waals surface area contributed by atoms with Crippen LogP contribution in [0, 0.1) is 5.92 Å². The number of rotatable bonds is 6. The Balaban J connectivity index is 2.96. The Kier molecular flexibility index (Phi) is 6.76. The molecule has 0 amide bonds. The molecule has 0 aromatic carbocycles. The lowest BCUT2D eigenvalue weighted by Crippen LogP contribution is -2.48. The number of hydrogen-bond acceptors (Lipinski definition) is 4. The number of hydrogen-bond donors (Lipinski definition) is 4. The summed E-state index contributed by atoms with van der Waals surface area (Å²) in [7, 11) is -9.79. The standard InChI is InChI=1S/C10H23NO6P2S/c1-8(2)3-4-9-7-20-6-5-11(9)10(18(12,13)14)19(15,16)17/h8-10H,3-7H2,1-2H3,(H2,12,13,14)(H2,15,16,17). The maximum atomic E-state index is 11.5. The van der Waals surface area contributed by atoms with Gasteiger partial charge in [0.2, 0.25) is 5.52 Å². The lowest BCUT2D eigenvalue weighted by molar-refractivity contribution is 0.175. The van der Waals surface area contributed by atoms with Crippen molar-refractivity contribution in [3.63, 3.8) is 0 Å². The smallest absolute Gasteiger partial charge is 0.323 e. The van der Waals surface area contributed by atoms with Crippen LogP contribution in [0.2, 0.25) is 0 Å². The highest BCUT2D eigenvalue weighted by Crippen LogP contribution is 2.62. The molecule has 1 aliphatic rings. The zero-order chi connectivity index (χ0) is 15.6. The van der Waals surface area contributed by atoms with E-state index in [2.05, 4.69) is 0 Å². The lowest BCUT2D eigenvalue weighted by atomic mass is 10.0. The van der Waals surface area contributed by atoms with E-state index in [1.807, 2.05) is 13.8 Å². The van der Waals surface area contributed by atoms with Crippen molar-refractivity contribution in [1.29, 1.82) is 0 Å². The van der Waals surface area contributed by atoms with Crippen LogP contribution in [0.25, 0.3) is 0 Å². The summed E-state index contributed by atoms with van der Waals surface area (Å²) >= 11 is 1.65. The minimum absolute atomic E-state index is 0.207. The molecule has 0 bridgehead atoms. The summed E-state index contributed by atoms with van der Waals surface area (Å²) in [5.41, 5.74) is -2.01. The Labute approximate surface area is 123 Å². The Morgan fingerprint density at radius 3 is 2.20 bits per heavy atom. The molecule has 1 unspecified atom stereocenters. The Hall–Kier alpha value is 0.610. The second-order valence-corrected chi connectivity index (χ2v) is 10.4. The molecule has 1 aliphatic heterocycles. The molecule has 120 valence electrons. The van der Waals surface area contributed by atoms with Crippen LogP contribution in [0.4, 0.5) is 0 Å². The van der Waals surface area contributed by atoms with Crippen molar-refractivity contribution in [2.75, 3.05) is 18.1 Å². The zero-order valence-corrected chi connectivity index (χ0v) is 14.2. The third kappa shape index (κ3) is 5.43. The predicted octanol–water partition coefficient (Wildman–Crippen LogP) is 1.48. The van der Waals surface area contributed by atoms with Crippen LogP contribution in [-0.4, -0.2) is 54.1 Å². The molecule has 0 spiro atoms. The van der Waals surface area contributed by atoms with Crippen molar-refractivity contribution in [3.05, 3.63) is 0 Å². The molecular formula is C10H23NO6P2S. The van der Waals surface area contributed by atoms with Gasteiger partial charge in [0, 0.05) is 24.1 Å². The van der Waals surface area contributed by atoms with Gasteiger partial charge in [-0.3, -0.25) is 14.0 Å². The van der Waals surface area contributed by atoms with E-state index in [0.717, 1.165) is 6.42 Å². The van der Waals surface area contributed by atoms with E-state index in [1.165, 1.54) is 4.90 Å². The quantitative estimate of drug-likeness (QED) is 0.534. The largest absolute Gasteiger partial charge is 0.354 e. The van der Waals surface area contributed by atoms with Crippen molar-refractivity contribution in [1.82, 2.24) is 4.90 Å². The minimum atomic E-state index is -4.90. The maximum absolute atomic E-state index is 11.5. The molecule has 10 heteroatoms. The summed E-state index contributed by atoms with van der Waals surface area (Å²) in [6, 6.07) is -0.207. The van der Waals surface area contributed by atoms with Gasteiger partial charge >= 0.3 is 15.2 Å². The average Bonchev–Trinajstić information content (AvgIpc) is 2.23. The van der Waals surface area contributed by atoms with Gasteiger partial charge in [-0.05, 0) is 18.8 Å². The minimum Gasteiger partial charge on any atom is -0.323 e. The predicted molar refractivity (Wildman–Crippen MR) is 79.8 cm³/mol. The molecule has 1 rings (SSSR count). The molecular weight excluding hydrogens is 324 g/mol. The monoisotopic (exact) mass is 347 g/mol. The summed E-state index contributed by atoms with van der Waals surface area (Å²) < 4.78 is 23.0. The van der Waals surface area contributed by atoms with E-state index in [0.29, 0.717) is 23.8 Å². The van der Waals surface area contributed by atoms with Crippen molar-refractivity contribution in [3.8, 4) is 0 Å². The molecule has 7 nitrogen and oxygen atoms in total. The second kappa shape index (κ2) is 7.25. The molecule has 0 aromatic rings. The van der Waals surface area contributed by atoms with Crippen molar-refractivity contribution in [2.45, 2.75) is 38.3 Å². The summed E-state index contributed by atoms with van der Waals surface area (Å²) in [5, 5.41) is 0. The van der Waals surface area contributed by atoms with Gasteiger partial charge in [0.1, 0.15) is 0 Å². The zero-order valence-electron chi connectivity index (χ0n) is 11.6. The molecule has 4 N–H and O–H groups in total. The molecule has 1 fully saturated rings. The van der Waals surface area contributed by atoms with E-state index in [9.17, 15) is 28.7 Å². The van der Waals surface area contributed by atoms with E-state index in [4.69, 9.17) is 0 Å². The van der Waals surface area contributed by atoms with Gasteiger partial charge in [-0.1, -0.05) is 13.8 Å². The van der Waals surface area contributed by atoms with Gasteiger partial charge in [0.15, 0.2) is 0 Å². The fourth-order valence-corrected chi connectivity index (χ4v) is 6.41. The van der Waals surface area contributed by atoms with Crippen molar-refractivity contribution < 1.29 is 28.7 Å². The third-order valence-corrected chi connectivity index (χ3v) is 7.94. The van der Waals surface area contributed by atoms with Crippen molar-refractivity contribution in [2.24, 2.45) is 5.92 Å². The van der Waals surface area contributed by atoms with Crippen LogP contribution in [-0.2, 0) is 9.13 Å². The molecule has 1 heterocycles. The van der Waals surface area contributed by atoms with E-state index < -0.39 is 20.7 Å². The molecule has 1 atom stereocenters. The molecule has 20 heavy (non-hydrogen) atoms. The summed E-state index contributed by atoms with van der Waals surface area (Å²) in [6.45, 7) is 4.38. The summed E-state index contributed by atoms with van der Waals surface area (Å²) in [6.07, 6.45) is 1.54. The third-order valence-electron chi connectivity index (χ3n) is 3.25. The molecule has 0 aromatic heterocycles. The van der Waals surface area contributed by atoms with E-state index >= 15 is 0 Å². The van der Waals surface area contributed by atoms with Crippen LogP contribution < -0.4 is 0 Å². The van der Waals surface area contributed by atoms with E-state index in [-0.39, 0.29) is 12.6 Å². The van der Waals surface area contributed by atoms with Crippen LogP contribution in [0.3, 0.4) is 0 Å². The Bertz CT molecular complexity index is 387. The molecule has 0 aliphatic carbocycles.